The van der Waals surface area contributed by atoms with Crippen molar-refractivity contribution in [2.24, 2.45) is 0 Å². The van der Waals surface area contributed by atoms with Crippen molar-refractivity contribution in [3.8, 4) is 5.75 Å². The molecule has 0 bridgehead atoms. The largest absolute Gasteiger partial charge is 0.494 e. The maximum Gasteiger partial charge on any atom is 0.278 e. The summed E-state index contributed by atoms with van der Waals surface area (Å²) in [6.07, 6.45) is 1.55. The molecule has 1 heterocycles. The van der Waals surface area contributed by atoms with Crippen LogP contribution < -0.4 is 10.1 Å². The van der Waals surface area contributed by atoms with Crippen molar-refractivity contribution in [3.63, 3.8) is 0 Å². The molecule has 2 amide bonds. The van der Waals surface area contributed by atoms with Gasteiger partial charge in [0.15, 0.2) is 0 Å². The lowest BCUT2D eigenvalue weighted by Crippen LogP contribution is -2.32. The van der Waals surface area contributed by atoms with Crippen LogP contribution >= 0.6 is 0 Å². The fraction of sp³-hybridized carbons (Fsp3) is 0.217. The van der Waals surface area contributed by atoms with Crippen molar-refractivity contribution in [2.75, 3.05) is 18.5 Å². The lowest BCUT2D eigenvalue weighted by molar-refractivity contribution is -0.136. The van der Waals surface area contributed by atoms with Crippen molar-refractivity contribution in [3.05, 3.63) is 77.5 Å². The molecule has 0 aromatic heterocycles. The van der Waals surface area contributed by atoms with Crippen LogP contribution in [0.4, 0.5) is 5.69 Å². The monoisotopic (exact) mass is 376 g/mol. The minimum absolute atomic E-state index is 0.167. The Balaban J connectivity index is 2.05. The Kier molecular flexibility index (Phi) is 5.64. The van der Waals surface area contributed by atoms with E-state index in [2.05, 4.69) is 11.9 Å². The van der Waals surface area contributed by atoms with Crippen LogP contribution in [-0.2, 0) is 9.59 Å². The number of hydrogen-bond donors (Lipinski definition) is 1. The zero-order valence-corrected chi connectivity index (χ0v) is 16.4. The molecule has 0 atom stereocenters. The van der Waals surface area contributed by atoms with Gasteiger partial charge in [0.25, 0.3) is 11.8 Å². The number of carbonyl (C=O) groups excluding carboxylic acids is 2. The van der Waals surface area contributed by atoms with E-state index in [4.69, 9.17) is 4.74 Å². The number of amides is 2. The Hall–Kier alpha value is -3.34. The number of carbonyl (C=O) groups is 2. The molecule has 0 saturated carbocycles. The predicted molar refractivity (Wildman–Crippen MR) is 111 cm³/mol. The van der Waals surface area contributed by atoms with Gasteiger partial charge in [-0.1, -0.05) is 29.8 Å². The van der Waals surface area contributed by atoms with E-state index in [1.165, 1.54) is 4.90 Å². The number of benzene rings is 2. The number of ether oxygens (including phenoxy) is 1. The van der Waals surface area contributed by atoms with Gasteiger partial charge in [-0.2, -0.15) is 0 Å². The van der Waals surface area contributed by atoms with Gasteiger partial charge in [0, 0.05) is 12.2 Å². The molecule has 0 aliphatic carbocycles. The molecule has 0 fully saturated rings. The third-order valence-electron chi connectivity index (χ3n) is 4.57. The Morgan fingerprint density at radius 2 is 1.79 bits per heavy atom. The highest BCUT2D eigenvalue weighted by Gasteiger charge is 2.39. The summed E-state index contributed by atoms with van der Waals surface area (Å²) in [6.45, 7) is 10.3. The molecule has 1 aliphatic rings. The van der Waals surface area contributed by atoms with Crippen molar-refractivity contribution in [2.45, 2.75) is 20.8 Å². The quantitative estimate of drug-likeness (QED) is 0.584. The van der Waals surface area contributed by atoms with Gasteiger partial charge >= 0.3 is 0 Å². The van der Waals surface area contributed by atoms with Gasteiger partial charge in [-0.25, -0.2) is 0 Å². The van der Waals surface area contributed by atoms with E-state index in [0.717, 1.165) is 22.4 Å². The van der Waals surface area contributed by atoms with Crippen LogP contribution in [0.2, 0.25) is 0 Å². The van der Waals surface area contributed by atoms with Crippen LogP contribution in [-0.4, -0.2) is 29.9 Å². The van der Waals surface area contributed by atoms with E-state index in [-0.39, 0.29) is 24.1 Å². The second-order valence-electron chi connectivity index (χ2n) is 6.66. The highest BCUT2D eigenvalue weighted by atomic mass is 16.5. The molecule has 3 rings (SSSR count). The molecule has 0 spiro atoms. The lowest BCUT2D eigenvalue weighted by Gasteiger charge is -2.12. The van der Waals surface area contributed by atoms with Gasteiger partial charge < -0.3 is 10.1 Å². The average molecular weight is 376 g/mol. The SMILES string of the molecule is C=CCN1C(=O)C(Nc2ccc(OCC)cc2)=C(c2ccc(C)cc2C)C1=O. The van der Waals surface area contributed by atoms with Gasteiger partial charge in [-0.3, -0.25) is 14.5 Å². The van der Waals surface area contributed by atoms with Crippen LogP contribution in [0.25, 0.3) is 5.57 Å². The maximum atomic E-state index is 13.0. The number of imide groups is 1. The topological polar surface area (TPSA) is 58.6 Å². The van der Waals surface area contributed by atoms with E-state index < -0.39 is 0 Å². The molecule has 1 N–H and O–H groups in total. The van der Waals surface area contributed by atoms with Crippen LogP contribution in [0.5, 0.6) is 5.75 Å². The zero-order valence-electron chi connectivity index (χ0n) is 16.4. The van der Waals surface area contributed by atoms with E-state index >= 15 is 0 Å². The lowest BCUT2D eigenvalue weighted by atomic mass is 9.97. The molecule has 2 aromatic rings. The standard InChI is InChI=1S/C23H24N2O3/c1-5-13-25-22(26)20(19-12-7-15(3)14-16(19)4)21(23(25)27)24-17-8-10-18(11-9-17)28-6-2/h5,7-12,14,24H,1,6,13H2,2-4H3. The fourth-order valence-electron chi connectivity index (χ4n) is 3.28. The first-order valence-corrected chi connectivity index (χ1v) is 9.25. The average Bonchev–Trinajstić information content (AvgIpc) is 2.89. The van der Waals surface area contributed by atoms with Crippen molar-refractivity contribution in [1.29, 1.82) is 0 Å². The highest BCUT2D eigenvalue weighted by Crippen LogP contribution is 2.32. The summed E-state index contributed by atoms with van der Waals surface area (Å²) in [5.74, 6) is 0.0813. The van der Waals surface area contributed by atoms with Gasteiger partial charge in [0.05, 0.1) is 12.2 Å². The van der Waals surface area contributed by atoms with E-state index in [9.17, 15) is 9.59 Å². The number of aryl methyl sites for hydroxylation is 2. The fourth-order valence-corrected chi connectivity index (χ4v) is 3.28. The van der Waals surface area contributed by atoms with Crippen LogP contribution in [0.3, 0.4) is 0 Å². The van der Waals surface area contributed by atoms with Crippen LogP contribution in [0.15, 0.2) is 60.8 Å². The summed E-state index contributed by atoms with van der Waals surface area (Å²) in [5.41, 5.74) is 4.18. The summed E-state index contributed by atoms with van der Waals surface area (Å²) in [5, 5.41) is 3.15. The first kappa shape index (κ1) is 19.4. The normalized spacial score (nSPS) is 13.9. The number of hydrogen-bond acceptors (Lipinski definition) is 4. The Morgan fingerprint density at radius 1 is 1.07 bits per heavy atom. The van der Waals surface area contributed by atoms with Crippen LogP contribution in [0, 0.1) is 13.8 Å². The van der Waals surface area contributed by atoms with Gasteiger partial charge in [-0.15, -0.1) is 6.58 Å². The molecular weight excluding hydrogens is 352 g/mol. The zero-order chi connectivity index (χ0) is 20.3. The summed E-state index contributed by atoms with van der Waals surface area (Å²) < 4.78 is 5.46. The Morgan fingerprint density at radius 3 is 2.39 bits per heavy atom. The van der Waals surface area contributed by atoms with Crippen molar-refractivity contribution >= 4 is 23.1 Å². The molecule has 5 nitrogen and oxygen atoms in total. The maximum absolute atomic E-state index is 13.0. The van der Waals surface area contributed by atoms with Gasteiger partial charge in [-0.05, 0) is 56.2 Å². The first-order valence-electron chi connectivity index (χ1n) is 9.25. The number of rotatable bonds is 7. The van der Waals surface area contributed by atoms with Crippen molar-refractivity contribution in [1.82, 2.24) is 4.90 Å². The van der Waals surface area contributed by atoms with E-state index in [1.807, 2.05) is 63.2 Å². The van der Waals surface area contributed by atoms with Gasteiger partial charge in [0.1, 0.15) is 11.4 Å². The molecule has 0 unspecified atom stereocenters. The van der Waals surface area contributed by atoms with E-state index in [1.54, 1.807) is 6.08 Å². The third-order valence-corrected chi connectivity index (χ3v) is 4.57. The molecule has 0 radical (unpaired) electrons. The second-order valence-corrected chi connectivity index (χ2v) is 6.66. The summed E-state index contributed by atoms with van der Waals surface area (Å²) in [7, 11) is 0. The Bertz CT molecular complexity index is 958. The first-order chi connectivity index (χ1) is 13.5. The van der Waals surface area contributed by atoms with Crippen LogP contribution in [0.1, 0.15) is 23.6 Å². The molecule has 5 heteroatoms. The number of anilines is 1. The smallest absolute Gasteiger partial charge is 0.278 e. The number of nitrogens with one attached hydrogen (secondary N) is 1. The molecule has 2 aromatic carbocycles. The number of nitrogens with zero attached hydrogens (tertiary/aromatic N) is 1. The Labute approximate surface area is 165 Å². The minimum atomic E-state index is -0.353. The van der Waals surface area contributed by atoms with Crippen molar-refractivity contribution < 1.29 is 14.3 Å². The minimum Gasteiger partial charge on any atom is -0.494 e. The molecule has 28 heavy (non-hydrogen) atoms. The second kappa shape index (κ2) is 8.13. The summed E-state index contributed by atoms with van der Waals surface area (Å²) in [4.78, 5) is 27.2. The highest BCUT2D eigenvalue weighted by molar-refractivity contribution is 6.36. The summed E-state index contributed by atoms with van der Waals surface area (Å²) >= 11 is 0. The predicted octanol–water partition coefficient (Wildman–Crippen LogP) is 4.08. The molecule has 1 aliphatic heterocycles. The third kappa shape index (κ3) is 3.69. The molecular formula is C23H24N2O3. The summed E-state index contributed by atoms with van der Waals surface area (Å²) in [6, 6.07) is 13.1. The molecule has 144 valence electrons. The van der Waals surface area contributed by atoms with E-state index in [0.29, 0.717) is 17.9 Å². The van der Waals surface area contributed by atoms with Gasteiger partial charge in [0.2, 0.25) is 0 Å². The molecule has 0 saturated heterocycles.